The summed E-state index contributed by atoms with van der Waals surface area (Å²) in [6, 6.07) is 10.8. The summed E-state index contributed by atoms with van der Waals surface area (Å²) in [6.07, 6.45) is -0.0839. The van der Waals surface area contributed by atoms with E-state index in [0.717, 1.165) is 17.7 Å². The summed E-state index contributed by atoms with van der Waals surface area (Å²) in [4.78, 5) is 25.1. The molecule has 0 aliphatic heterocycles. The van der Waals surface area contributed by atoms with Gasteiger partial charge in [-0.3, -0.25) is 9.59 Å². The van der Waals surface area contributed by atoms with E-state index in [1.807, 2.05) is 25.1 Å². The minimum Gasteiger partial charge on any atom is -0.497 e. The Morgan fingerprint density at radius 2 is 1.89 bits per heavy atom. The lowest BCUT2D eigenvalue weighted by Crippen LogP contribution is -2.33. The molecule has 0 bridgehead atoms. The number of carbonyl (C=O) groups excluding carboxylic acids is 1. The second-order valence-corrected chi connectivity index (χ2v) is 6.59. The molecule has 0 saturated heterocycles. The van der Waals surface area contributed by atoms with Gasteiger partial charge in [0.1, 0.15) is 5.75 Å². The highest BCUT2D eigenvalue weighted by atomic mass is 19.2. The molecular weight excluding hydrogens is 368 g/mol. The minimum atomic E-state index is -1.04. The van der Waals surface area contributed by atoms with Crippen LogP contribution in [0.5, 0.6) is 5.75 Å². The number of carboxylic acids is 1. The van der Waals surface area contributed by atoms with Crippen LogP contribution >= 0.6 is 0 Å². The number of aliphatic carboxylic acids is 1. The number of halogens is 2. The lowest BCUT2D eigenvalue weighted by molar-refractivity contribution is -0.138. The van der Waals surface area contributed by atoms with Crippen LogP contribution in [0.4, 0.5) is 8.78 Å². The van der Waals surface area contributed by atoms with Gasteiger partial charge in [0.2, 0.25) is 5.91 Å². The van der Waals surface area contributed by atoms with E-state index in [2.05, 4.69) is 0 Å². The maximum atomic E-state index is 13.5. The Hall–Kier alpha value is -2.96. The van der Waals surface area contributed by atoms with E-state index in [4.69, 9.17) is 9.84 Å². The zero-order valence-corrected chi connectivity index (χ0v) is 15.8. The Balaban J connectivity index is 2.12. The summed E-state index contributed by atoms with van der Waals surface area (Å²) in [5.74, 6) is -2.72. The van der Waals surface area contributed by atoms with E-state index in [0.29, 0.717) is 11.3 Å². The van der Waals surface area contributed by atoms with Crippen molar-refractivity contribution in [2.45, 2.75) is 32.2 Å². The van der Waals surface area contributed by atoms with Crippen molar-refractivity contribution in [1.29, 1.82) is 0 Å². The molecule has 0 fully saturated rings. The molecule has 1 amide bonds. The maximum absolute atomic E-state index is 13.5. The van der Waals surface area contributed by atoms with Gasteiger partial charge in [-0.1, -0.05) is 25.1 Å². The molecule has 28 heavy (non-hydrogen) atoms. The van der Waals surface area contributed by atoms with Gasteiger partial charge in [0.25, 0.3) is 0 Å². The second kappa shape index (κ2) is 9.82. The largest absolute Gasteiger partial charge is 0.497 e. The first-order valence-electron chi connectivity index (χ1n) is 8.87. The quantitative estimate of drug-likeness (QED) is 0.702. The van der Waals surface area contributed by atoms with Gasteiger partial charge in [0, 0.05) is 19.5 Å². The third kappa shape index (κ3) is 6.04. The first-order valence-corrected chi connectivity index (χ1v) is 8.87. The Labute approximate surface area is 162 Å². The van der Waals surface area contributed by atoms with Gasteiger partial charge in [-0.05, 0) is 41.3 Å². The molecule has 0 saturated carbocycles. The third-order valence-corrected chi connectivity index (χ3v) is 4.45. The van der Waals surface area contributed by atoms with E-state index in [1.165, 1.54) is 11.0 Å². The van der Waals surface area contributed by atoms with Gasteiger partial charge in [-0.15, -0.1) is 0 Å². The fourth-order valence-corrected chi connectivity index (χ4v) is 2.84. The van der Waals surface area contributed by atoms with E-state index in [-0.39, 0.29) is 37.8 Å². The van der Waals surface area contributed by atoms with Crippen molar-refractivity contribution >= 4 is 11.9 Å². The fourth-order valence-electron chi connectivity index (χ4n) is 2.84. The molecule has 2 aromatic carbocycles. The summed E-state index contributed by atoms with van der Waals surface area (Å²) in [7, 11) is 1.56. The Bertz CT molecular complexity index is 841. The van der Waals surface area contributed by atoms with Gasteiger partial charge >= 0.3 is 5.97 Å². The number of methoxy groups -OCH3 is 1. The molecule has 2 rings (SSSR count). The van der Waals surface area contributed by atoms with Gasteiger partial charge in [-0.25, -0.2) is 8.78 Å². The standard InChI is InChI=1S/C21H23F2NO4/c1-14(16-4-3-5-17(12-16)28-2)10-20(25)24(9-8-21(26)27)13-15-6-7-18(22)19(23)11-15/h3-7,11-12,14H,8-10,13H2,1-2H3,(H,26,27). The molecule has 0 spiro atoms. The Kier molecular flexibility index (Phi) is 7.49. The number of carbonyl (C=O) groups is 2. The number of ether oxygens (including phenoxy) is 1. The van der Waals surface area contributed by atoms with Crippen LogP contribution in [-0.2, 0) is 16.1 Å². The fraction of sp³-hybridized carbons (Fsp3) is 0.333. The first kappa shape index (κ1) is 21.3. The predicted octanol–water partition coefficient (Wildman–Crippen LogP) is 3.97. The molecule has 1 N–H and O–H groups in total. The summed E-state index contributed by atoms with van der Waals surface area (Å²) >= 11 is 0. The third-order valence-electron chi connectivity index (χ3n) is 4.45. The highest BCUT2D eigenvalue weighted by Gasteiger charge is 2.20. The zero-order valence-electron chi connectivity index (χ0n) is 15.8. The van der Waals surface area contributed by atoms with Crippen molar-refractivity contribution in [1.82, 2.24) is 4.90 Å². The molecule has 0 aliphatic carbocycles. The maximum Gasteiger partial charge on any atom is 0.305 e. The molecule has 0 aliphatic rings. The smallest absolute Gasteiger partial charge is 0.305 e. The van der Waals surface area contributed by atoms with Crippen molar-refractivity contribution in [3.63, 3.8) is 0 Å². The summed E-state index contributed by atoms with van der Waals surface area (Å²) < 4.78 is 31.8. The monoisotopic (exact) mass is 391 g/mol. The molecular formula is C21H23F2NO4. The van der Waals surface area contributed by atoms with Crippen LogP contribution < -0.4 is 4.74 Å². The molecule has 5 nitrogen and oxygen atoms in total. The van der Waals surface area contributed by atoms with E-state index >= 15 is 0 Å². The number of rotatable bonds is 9. The second-order valence-electron chi connectivity index (χ2n) is 6.59. The SMILES string of the molecule is COc1cccc(C(C)CC(=O)N(CCC(=O)O)Cc2ccc(F)c(F)c2)c1. The first-order chi connectivity index (χ1) is 13.3. The average molecular weight is 391 g/mol. The van der Waals surface area contributed by atoms with E-state index in [1.54, 1.807) is 13.2 Å². The molecule has 0 aromatic heterocycles. The summed E-state index contributed by atoms with van der Waals surface area (Å²) in [5.41, 5.74) is 1.31. The van der Waals surface area contributed by atoms with Crippen LogP contribution in [0.25, 0.3) is 0 Å². The topological polar surface area (TPSA) is 66.8 Å². The molecule has 2 aromatic rings. The number of hydrogen-bond donors (Lipinski definition) is 1. The summed E-state index contributed by atoms with van der Waals surface area (Å²) in [6.45, 7) is 1.88. The Morgan fingerprint density at radius 1 is 1.14 bits per heavy atom. The van der Waals surface area contributed by atoms with Crippen molar-refractivity contribution in [2.75, 3.05) is 13.7 Å². The van der Waals surface area contributed by atoms with Crippen LogP contribution in [0.3, 0.4) is 0 Å². The predicted molar refractivity (Wildman–Crippen MR) is 100 cm³/mol. The number of benzene rings is 2. The van der Waals surface area contributed by atoms with Crippen molar-refractivity contribution < 1.29 is 28.2 Å². The molecule has 0 heterocycles. The molecule has 150 valence electrons. The Morgan fingerprint density at radius 3 is 2.54 bits per heavy atom. The summed E-state index contributed by atoms with van der Waals surface area (Å²) in [5, 5.41) is 8.95. The van der Waals surface area contributed by atoms with Crippen LogP contribution in [-0.4, -0.2) is 35.5 Å². The van der Waals surface area contributed by atoms with Gasteiger partial charge in [0.15, 0.2) is 11.6 Å². The minimum absolute atomic E-state index is 0.00808. The number of carboxylic acid groups (broad SMARTS) is 1. The molecule has 1 unspecified atom stereocenters. The van der Waals surface area contributed by atoms with E-state index < -0.39 is 17.6 Å². The average Bonchev–Trinajstić information content (AvgIpc) is 2.67. The van der Waals surface area contributed by atoms with Gasteiger partial charge < -0.3 is 14.7 Å². The van der Waals surface area contributed by atoms with Crippen LogP contribution in [0.1, 0.15) is 36.8 Å². The van der Waals surface area contributed by atoms with Crippen LogP contribution in [0, 0.1) is 11.6 Å². The molecule has 1 atom stereocenters. The van der Waals surface area contributed by atoms with Crippen molar-refractivity contribution in [3.8, 4) is 5.75 Å². The molecule has 7 heteroatoms. The van der Waals surface area contributed by atoms with Gasteiger partial charge in [0.05, 0.1) is 13.5 Å². The van der Waals surface area contributed by atoms with Crippen molar-refractivity contribution in [2.24, 2.45) is 0 Å². The molecule has 0 radical (unpaired) electrons. The normalized spacial score (nSPS) is 11.7. The lowest BCUT2D eigenvalue weighted by atomic mass is 9.96. The number of amides is 1. The zero-order chi connectivity index (χ0) is 20.7. The highest BCUT2D eigenvalue weighted by Crippen LogP contribution is 2.24. The van der Waals surface area contributed by atoms with E-state index in [9.17, 15) is 18.4 Å². The van der Waals surface area contributed by atoms with Crippen LogP contribution in [0.15, 0.2) is 42.5 Å². The number of hydrogen-bond acceptors (Lipinski definition) is 3. The number of nitrogens with zero attached hydrogens (tertiary/aromatic N) is 1. The van der Waals surface area contributed by atoms with Gasteiger partial charge in [-0.2, -0.15) is 0 Å². The highest BCUT2D eigenvalue weighted by molar-refractivity contribution is 5.78. The van der Waals surface area contributed by atoms with Crippen LogP contribution in [0.2, 0.25) is 0 Å². The van der Waals surface area contributed by atoms with Crippen molar-refractivity contribution in [3.05, 3.63) is 65.2 Å². The lowest BCUT2D eigenvalue weighted by Gasteiger charge is -2.24.